The predicted molar refractivity (Wildman–Crippen MR) is 117 cm³/mol. The first kappa shape index (κ1) is 18.7. The molecule has 1 aliphatic heterocycles. The second kappa shape index (κ2) is 7.78. The predicted octanol–water partition coefficient (Wildman–Crippen LogP) is 6.79. The van der Waals surface area contributed by atoms with Crippen LogP contribution in [0.2, 0.25) is 0 Å². The molecule has 4 rings (SSSR count). The van der Waals surface area contributed by atoms with E-state index in [1.54, 1.807) is 7.11 Å². The molecule has 1 unspecified atom stereocenters. The van der Waals surface area contributed by atoms with Gasteiger partial charge in [0.05, 0.1) is 0 Å². The minimum Gasteiger partial charge on any atom is -0.453 e. The van der Waals surface area contributed by atoms with E-state index in [1.807, 2.05) is 48.5 Å². The molecule has 3 aromatic carbocycles. The van der Waals surface area contributed by atoms with Gasteiger partial charge in [-0.2, -0.15) is 0 Å². The summed E-state index contributed by atoms with van der Waals surface area (Å²) < 4.78 is 13.7. The number of halogens is 1. The average Bonchev–Trinajstić information content (AvgIpc) is 2.76. The van der Waals surface area contributed by atoms with Crippen LogP contribution in [-0.4, -0.2) is 7.11 Å². The molecule has 1 heterocycles. The summed E-state index contributed by atoms with van der Waals surface area (Å²) in [5.74, 6) is -0.207. The maximum Gasteiger partial charge on any atom is 0.260 e. The van der Waals surface area contributed by atoms with Crippen molar-refractivity contribution >= 4 is 27.3 Å². The van der Waals surface area contributed by atoms with Crippen LogP contribution in [0.1, 0.15) is 23.6 Å². The zero-order valence-electron chi connectivity index (χ0n) is 15.9. The molecular formula is C25H21BrO2. The van der Waals surface area contributed by atoms with E-state index in [0.717, 1.165) is 38.1 Å². The van der Waals surface area contributed by atoms with Crippen LogP contribution in [0, 0.1) is 0 Å². The third-order valence-electron chi connectivity index (χ3n) is 5.08. The highest BCUT2D eigenvalue weighted by molar-refractivity contribution is 9.10. The summed E-state index contributed by atoms with van der Waals surface area (Å²) in [7, 11) is 1.70. The van der Waals surface area contributed by atoms with E-state index in [1.165, 1.54) is 0 Å². The highest BCUT2D eigenvalue weighted by atomic mass is 79.9. The van der Waals surface area contributed by atoms with Gasteiger partial charge in [-0.15, -0.1) is 0 Å². The Hall–Kier alpha value is -2.62. The fourth-order valence-corrected chi connectivity index (χ4v) is 3.86. The van der Waals surface area contributed by atoms with Gasteiger partial charge in [-0.3, -0.25) is 0 Å². The number of allylic oxidation sites excluding steroid dienone is 2. The minimum absolute atomic E-state index is 0.787. The fraction of sp³-hybridized carbons (Fsp3) is 0.120. The van der Waals surface area contributed by atoms with Crippen LogP contribution in [0.25, 0.3) is 11.3 Å². The van der Waals surface area contributed by atoms with Gasteiger partial charge in [0.15, 0.2) is 0 Å². The van der Waals surface area contributed by atoms with Gasteiger partial charge in [-0.25, -0.2) is 0 Å². The molecule has 0 saturated carbocycles. The maximum atomic E-state index is 6.56. The Balaban J connectivity index is 1.95. The van der Waals surface area contributed by atoms with Gasteiger partial charge < -0.3 is 9.47 Å². The molecule has 140 valence electrons. The molecule has 0 aliphatic carbocycles. The van der Waals surface area contributed by atoms with Gasteiger partial charge >= 0.3 is 0 Å². The van der Waals surface area contributed by atoms with Crippen molar-refractivity contribution in [1.29, 1.82) is 0 Å². The summed E-state index contributed by atoms with van der Waals surface area (Å²) in [4.78, 5) is 0. The van der Waals surface area contributed by atoms with E-state index >= 15 is 0 Å². The molecule has 0 bridgehead atoms. The Labute approximate surface area is 174 Å². The van der Waals surface area contributed by atoms with Gasteiger partial charge in [-0.05, 0) is 36.3 Å². The number of hydrogen-bond acceptors (Lipinski definition) is 2. The maximum absolute atomic E-state index is 6.56. The lowest BCUT2D eigenvalue weighted by Crippen LogP contribution is -2.35. The third-order valence-corrected chi connectivity index (χ3v) is 5.61. The van der Waals surface area contributed by atoms with Crippen LogP contribution >= 0.6 is 15.9 Å². The molecule has 28 heavy (non-hydrogen) atoms. The van der Waals surface area contributed by atoms with Crippen molar-refractivity contribution in [2.45, 2.75) is 12.7 Å². The molecule has 0 N–H and O–H groups in total. The molecule has 0 amide bonds. The molecule has 3 heteroatoms. The fourth-order valence-electron chi connectivity index (χ4n) is 3.60. The van der Waals surface area contributed by atoms with Crippen molar-refractivity contribution in [3.63, 3.8) is 0 Å². The Morgan fingerprint density at radius 2 is 1.36 bits per heavy atom. The number of ether oxygens (including phenoxy) is 2. The number of hydrogen-bond donors (Lipinski definition) is 0. The second-order valence-electron chi connectivity index (χ2n) is 6.71. The Morgan fingerprint density at radius 3 is 1.93 bits per heavy atom. The molecule has 0 aromatic heterocycles. The van der Waals surface area contributed by atoms with E-state index in [0.29, 0.717) is 0 Å². The highest BCUT2D eigenvalue weighted by Crippen LogP contribution is 2.46. The Morgan fingerprint density at radius 1 is 0.786 bits per heavy atom. The summed E-state index contributed by atoms with van der Waals surface area (Å²) in [6, 6.07) is 28.6. The molecule has 0 spiro atoms. The monoisotopic (exact) mass is 432 g/mol. The van der Waals surface area contributed by atoms with Gasteiger partial charge in [0.25, 0.3) is 5.79 Å². The van der Waals surface area contributed by atoms with Gasteiger partial charge in [0.2, 0.25) is 0 Å². The van der Waals surface area contributed by atoms with Crippen LogP contribution in [-0.2, 0) is 15.3 Å². The lowest BCUT2D eigenvalue weighted by molar-refractivity contribution is -0.160. The lowest BCUT2D eigenvalue weighted by Gasteiger charge is -2.39. The molecule has 0 saturated heterocycles. The smallest absolute Gasteiger partial charge is 0.260 e. The Bertz CT molecular complexity index is 1020. The van der Waals surface area contributed by atoms with Crippen molar-refractivity contribution in [2.75, 3.05) is 7.11 Å². The molecule has 1 aliphatic rings. The van der Waals surface area contributed by atoms with E-state index in [2.05, 4.69) is 65.3 Å². The average molecular weight is 433 g/mol. The van der Waals surface area contributed by atoms with Crippen molar-refractivity contribution in [3.8, 4) is 0 Å². The molecule has 0 radical (unpaired) electrons. The Kier molecular flexibility index (Phi) is 5.21. The normalized spacial score (nSPS) is 19.2. The number of benzene rings is 3. The molecular weight excluding hydrogens is 412 g/mol. The van der Waals surface area contributed by atoms with E-state index in [9.17, 15) is 0 Å². The SMILES string of the molecule is COC1(c2ccc(Br)cc2)OC(c2ccccc2)=CC(c2ccccc2)=C1C. The van der Waals surface area contributed by atoms with E-state index in [-0.39, 0.29) is 0 Å². The summed E-state index contributed by atoms with van der Waals surface area (Å²) in [6.07, 6.45) is 2.11. The zero-order valence-corrected chi connectivity index (χ0v) is 17.4. The largest absolute Gasteiger partial charge is 0.453 e. The summed E-state index contributed by atoms with van der Waals surface area (Å²) in [5, 5.41) is 0. The summed E-state index contributed by atoms with van der Waals surface area (Å²) in [5.41, 5.74) is 5.22. The van der Waals surface area contributed by atoms with Crippen molar-refractivity contribution in [1.82, 2.24) is 0 Å². The van der Waals surface area contributed by atoms with E-state index < -0.39 is 5.79 Å². The first-order valence-electron chi connectivity index (χ1n) is 9.18. The molecule has 0 fully saturated rings. The zero-order chi connectivity index (χ0) is 19.6. The third kappa shape index (κ3) is 3.32. The summed E-state index contributed by atoms with van der Waals surface area (Å²) >= 11 is 3.52. The summed E-state index contributed by atoms with van der Waals surface area (Å²) in [6.45, 7) is 2.08. The number of methoxy groups -OCH3 is 1. The van der Waals surface area contributed by atoms with Crippen molar-refractivity contribution < 1.29 is 9.47 Å². The second-order valence-corrected chi connectivity index (χ2v) is 7.62. The standard InChI is InChI=1S/C25H21BrO2/c1-18-23(19-9-5-3-6-10-19)17-24(20-11-7-4-8-12-20)28-25(18,27-2)21-13-15-22(26)16-14-21/h3-17H,1-2H3. The topological polar surface area (TPSA) is 18.5 Å². The molecule has 1 atom stereocenters. The number of rotatable bonds is 4. The molecule has 3 aromatic rings. The van der Waals surface area contributed by atoms with Crippen LogP contribution in [0.15, 0.2) is 101 Å². The van der Waals surface area contributed by atoms with Crippen LogP contribution in [0.3, 0.4) is 0 Å². The van der Waals surface area contributed by atoms with Crippen molar-refractivity contribution in [2.24, 2.45) is 0 Å². The minimum atomic E-state index is -0.994. The van der Waals surface area contributed by atoms with Crippen LogP contribution in [0.5, 0.6) is 0 Å². The van der Waals surface area contributed by atoms with Gasteiger partial charge in [0.1, 0.15) is 5.76 Å². The van der Waals surface area contributed by atoms with Gasteiger partial charge in [0, 0.05) is 28.3 Å². The first-order chi connectivity index (χ1) is 13.6. The van der Waals surface area contributed by atoms with Crippen LogP contribution in [0.4, 0.5) is 0 Å². The highest BCUT2D eigenvalue weighted by Gasteiger charge is 2.42. The molecule has 2 nitrogen and oxygen atoms in total. The quantitative estimate of drug-likeness (QED) is 0.451. The lowest BCUT2D eigenvalue weighted by atomic mass is 9.87. The van der Waals surface area contributed by atoms with E-state index in [4.69, 9.17) is 9.47 Å². The van der Waals surface area contributed by atoms with Gasteiger partial charge in [-0.1, -0.05) is 88.7 Å². The van der Waals surface area contributed by atoms with Crippen LogP contribution < -0.4 is 0 Å². The first-order valence-corrected chi connectivity index (χ1v) is 9.97. The van der Waals surface area contributed by atoms with Crippen molar-refractivity contribution in [3.05, 3.63) is 118 Å².